The minimum absolute atomic E-state index is 0.0317. The van der Waals surface area contributed by atoms with Crippen LogP contribution in [0.25, 0.3) is 11.3 Å². The first-order valence-corrected chi connectivity index (χ1v) is 9.82. The molecule has 0 spiro atoms. The number of carbonyl (C=O) groups excluding carboxylic acids is 1. The Hall–Kier alpha value is -3.46. The van der Waals surface area contributed by atoms with Gasteiger partial charge in [0.25, 0.3) is 5.91 Å². The number of pyridine rings is 2. The van der Waals surface area contributed by atoms with Gasteiger partial charge in [-0.1, -0.05) is 18.2 Å². The maximum atomic E-state index is 13.0. The summed E-state index contributed by atoms with van der Waals surface area (Å²) in [6.07, 6.45) is -1.53. The van der Waals surface area contributed by atoms with Gasteiger partial charge in [0.15, 0.2) is 6.61 Å². The number of benzene rings is 1. The summed E-state index contributed by atoms with van der Waals surface area (Å²) in [5.74, 6) is 0.136. The van der Waals surface area contributed by atoms with Gasteiger partial charge in [-0.15, -0.1) is 0 Å². The molecule has 1 aliphatic rings. The number of aromatic nitrogens is 2. The number of para-hydroxylation sites is 1. The van der Waals surface area contributed by atoms with Crippen LogP contribution in [0, 0.1) is 0 Å². The van der Waals surface area contributed by atoms with E-state index in [0.29, 0.717) is 33.8 Å². The van der Waals surface area contributed by atoms with Crippen molar-refractivity contribution < 1.29 is 27.8 Å². The van der Waals surface area contributed by atoms with Crippen LogP contribution < -0.4 is 9.64 Å². The Labute approximate surface area is 182 Å². The standard InChI is InChI=1S/C23H20F3N3O3/c1-22(2,31)14-7-8-19(28-11-14)29-12-17-15(21(29)30)9-10-27-20(17)16-5-3-4-6-18(16)32-13-23(24,25)26/h3-11,31H,12-13H2,1-2H3. The first-order chi connectivity index (χ1) is 15.0. The number of halogens is 3. The lowest BCUT2D eigenvalue weighted by Gasteiger charge is -2.19. The predicted octanol–water partition coefficient (Wildman–Crippen LogP) is 4.47. The number of hydrogen-bond acceptors (Lipinski definition) is 5. The van der Waals surface area contributed by atoms with E-state index in [1.807, 2.05) is 0 Å². The third kappa shape index (κ3) is 4.29. The molecular weight excluding hydrogens is 423 g/mol. The number of ether oxygens (including phenoxy) is 1. The molecule has 0 unspecified atom stereocenters. The van der Waals surface area contributed by atoms with E-state index in [-0.39, 0.29) is 18.2 Å². The summed E-state index contributed by atoms with van der Waals surface area (Å²) in [6.45, 7) is 2.00. The van der Waals surface area contributed by atoms with Gasteiger partial charge in [-0.3, -0.25) is 14.7 Å². The van der Waals surface area contributed by atoms with Crippen LogP contribution in [0.3, 0.4) is 0 Å². The molecule has 0 aliphatic carbocycles. The van der Waals surface area contributed by atoms with Crippen molar-refractivity contribution in [3.05, 3.63) is 71.5 Å². The van der Waals surface area contributed by atoms with Crippen molar-refractivity contribution in [1.82, 2.24) is 9.97 Å². The summed E-state index contributed by atoms with van der Waals surface area (Å²) in [4.78, 5) is 23.1. The molecule has 0 atom stereocenters. The van der Waals surface area contributed by atoms with Crippen LogP contribution in [0.2, 0.25) is 0 Å². The molecule has 0 fully saturated rings. The molecule has 1 aromatic carbocycles. The second-order valence-electron chi connectivity index (χ2n) is 7.94. The number of aliphatic hydroxyl groups is 1. The lowest BCUT2D eigenvalue weighted by Crippen LogP contribution is -2.24. The third-order valence-electron chi connectivity index (χ3n) is 5.11. The summed E-state index contributed by atoms with van der Waals surface area (Å²) >= 11 is 0. The highest BCUT2D eigenvalue weighted by Crippen LogP contribution is 2.37. The van der Waals surface area contributed by atoms with E-state index < -0.39 is 18.4 Å². The molecule has 3 aromatic rings. The number of anilines is 1. The van der Waals surface area contributed by atoms with Crippen molar-refractivity contribution in [3.63, 3.8) is 0 Å². The van der Waals surface area contributed by atoms with Crippen molar-refractivity contribution >= 4 is 11.7 Å². The number of rotatable bonds is 5. The zero-order valence-corrected chi connectivity index (χ0v) is 17.3. The van der Waals surface area contributed by atoms with Crippen molar-refractivity contribution in [1.29, 1.82) is 0 Å². The van der Waals surface area contributed by atoms with E-state index in [9.17, 15) is 23.1 Å². The number of hydrogen-bond donors (Lipinski definition) is 1. The van der Waals surface area contributed by atoms with Crippen molar-refractivity contribution in [2.75, 3.05) is 11.5 Å². The van der Waals surface area contributed by atoms with E-state index >= 15 is 0 Å². The number of alkyl halides is 3. The van der Waals surface area contributed by atoms with E-state index in [1.54, 1.807) is 50.2 Å². The summed E-state index contributed by atoms with van der Waals surface area (Å²) in [6, 6.07) is 11.2. The maximum absolute atomic E-state index is 13.0. The monoisotopic (exact) mass is 443 g/mol. The fraction of sp³-hybridized carbons (Fsp3) is 0.261. The molecule has 3 heterocycles. The first-order valence-electron chi connectivity index (χ1n) is 9.82. The second kappa shape index (κ2) is 7.90. The maximum Gasteiger partial charge on any atom is 0.422 e. The van der Waals surface area contributed by atoms with Gasteiger partial charge in [0.1, 0.15) is 11.6 Å². The summed E-state index contributed by atoms with van der Waals surface area (Å²) in [5.41, 5.74) is 1.25. The molecule has 9 heteroatoms. The quantitative estimate of drug-likeness (QED) is 0.630. The van der Waals surface area contributed by atoms with Crippen LogP contribution >= 0.6 is 0 Å². The largest absolute Gasteiger partial charge is 0.483 e. The highest BCUT2D eigenvalue weighted by atomic mass is 19.4. The molecule has 0 radical (unpaired) electrons. The lowest BCUT2D eigenvalue weighted by atomic mass is 10.0. The average molecular weight is 443 g/mol. The van der Waals surface area contributed by atoms with Crippen LogP contribution in [0.5, 0.6) is 5.75 Å². The summed E-state index contributed by atoms with van der Waals surface area (Å²) in [7, 11) is 0. The lowest BCUT2D eigenvalue weighted by molar-refractivity contribution is -0.153. The predicted molar refractivity (Wildman–Crippen MR) is 111 cm³/mol. The Morgan fingerprint density at radius 1 is 1.06 bits per heavy atom. The highest BCUT2D eigenvalue weighted by Gasteiger charge is 2.33. The Morgan fingerprint density at radius 2 is 1.81 bits per heavy atom. The fourth-order valence-electron chi connectivity index (χ4n) is 3.50. The molecule has 0 bridgehead atoms. The van der Waals surface area contributed by atoms with Gasteiger partial charge >= 0.3 is 6.18 Å². The van der Waals surface area contributed by atoms with Gasteiger partial charge in [-0.05, 0) is 38.1 Å². The van der Waals surface area contributed by atoms with Gasteiger partial charge < -0.3 is 9.84 Å². The van der Waals surface area contributed by atoms with E-state index in [2.05, 4.69) is 9.97 Å². The van der Waals surface area contributed by atoms with Crippen LogP contribution in [0.15, 0.2) is 54.9 Å². The molecule has 32 heavy (non-hydrogen) atoms. The normalized spacial score (nSPS) is 13.9. The second-order valence-corrected chi connectivity index (χ2v) is 7.94. The molecule has 4 rings (SSSR count). The Morgan fingerprint density at radius 3 is 2.47 bits per heavy atom. The SMILES string of the molecule is CC(C)(O)c1ccc(N2Cc3c(ccnc3-c3ccccc3OCC(F)(F)F)C2=O)nc1. The van der Waals surface area contributed by atoms with E-state index in [4.69, 9.17) is 4.74 Å². The zero-order chi connectivity index (χ0) is 23.1. The van der Waals surface area contributed by atoms with Crippen LogP contribution in [0.4, 0.5) is 19.0 Å². The molecule has 1 aliphatic heterocycles. The minimum atomic E-state index is -4.48. The van der Waals surface area contributed by atoms with E-state index in [0.717, 1.165) is 0 Å². The smallest absolute Gasteiger partial charge is 0.422 e. The van der Waals surface area contributed by atoms with Crippen LogP contribution in [-0.4, -0.2) is 33.8 Å². The Kier molecular flexibility index (Phi) is 5.37. The number of amides is 1. The van der Waals surface area contributed by atoms with Crippen molar-refractivity contribution in [3.8, 4) is 17.0 Å². The fourth-order valence-corrected chi connectivity index (χ4v) is 3.50. The van der Waals surface area contributed by atoms with Crippen molar-refractivity contribution in [2.45, 2.75) is 32.2 Å². The summed E-state index contributed by atoms with van der Waals surface area (Å²) < 4.78 is 43.0. The molecule has 1 amide bonds. The van der Waals surface area contributed by atoms with Crippen LogP contribution in [0.1, 0.15) is 35.3 Å². The number of carbonyl (C=O) groups is 1. The molecule has 1 N–H and O–H groups in total. The highest BCUT2D eigenvalue weighted by molar-refractivity contribution is 6.10. The zero-order valence-electron chi connectivity index (χ0n) is 17.3. The van der Waals surface area contributed by atoms with E-state index in [1.165, 1.54) is 23.4 Å². The minimum Gasteiger partial charge on any atom is -0.483 e. The van der Waals surface area contributed by atoms with Crippen LogP contribution in [-0.2, 0) is 12.1 Å². The topological polar surface area (TPSA) is 75.6 Å². The molecule has 166 valence electrons. The molecular formula is C23H20F3N3O3. The van der Waals surface area contributed by atoms with Gasteiger partial charge in [0.2, 0.25) is 0 Å². The molecule has 2 aromatic heterocycles. The van der Waals surface area contributed by atoms with Gasteiger partial charge in [-0.25, -0.2) is 4.98 Å². The summed E-state index contributed by atoms with van der Waals surface area (Å²) in [5, 5.41) is 10.1. The third-order valence-corrected chi connectivity index (χ3v) is 5.11. The molecule has 0 saturated heterocycles. The van der Waals surface area contributed by atoms with Gasteiger partial charge in [0, 0.05) is 34.6 Å². The average Bonchev–Trinajstić information content (AvgIpc) is 3.08. The van der Waals surface area contributed by atoms with Gasteiger partial charge in [-0.2, -0.15) is 13.2 Å². The Bertz CT molecular complexity index is 1160. The van der Waals surface area contributed by atoms with Gasteiger partial charge in [0.05, 0.1) is 17.8 Å². The molecule has 0 saturated carbocycles. The number of nitrogens with zero attached hydrogens (tertiary/aromatic N) is 3. The molecule has 6 nitrogen and oxygen atoms in total. The van der Waals surface area contributed by atoms with Crippen molar-refractivity contribution in [2.24, 2.45) is 0 Å². The number of fused-ring (bicyclic) bond motifs is 1. The first kappa shape index (κ1) is 21.8. The Balaban J connectivity index is 1.68.